The third kappa shape index (κ3) is 8.69. The number of nitrogens with one attached hydrogen (secondary N) is 1. The van der Waals surface area contributed by atoms with Crippen molar-refractivity contribution in [2.45, 2.75) is 37.2 Å². The summed E-state index contributed by atoms with van der Waals surface area (Å²) in [4.78, 5) is 29.5. The Bertz CT molecular complexity index is 1620. The standard InChI is InChI=1S/C33H33BrClN3O4S/c1-2-20-36-33(40)31(22-25-10-5-3-6-11-25)37(23-26-12-9-13-27(34)21-26)32(39)24-38(29-18-16-28(35)17-19-29)43(41,42)30-14-7-4-8-15-30/h3-19,21,31H,2,20,22-24H2,1H3,(H,36,40)/t31-/m1/s1. The number of amides is 2. The molecule has 0 bridgehead atoms. The zero-order valence-electron chi connectivity index (χ0n) is 23.7. The molecular formula is C33H33BrClN3O4S. The van der Waals surface area contributed by atoms with Crippen LogP contribution < -0.4 is 9.62 Å². The van der Waals surface area contributed by atoms with E-state index in [2.05, 4.69) is 21.2 Å². The largest absolute Gasteiger partial charge is 0.354 e. The van der Waals surface area contributed by atoms with Gasteiger partial charge in [-0.05, 0) is 66.1 Å². The number of rotatable bonds is 13. The van der Waals surface area contributed by atoms with E-state index >= 15 is 0 Å². The summed E-state index contributed by atoms with van der Waals surface area (Å²) in [5, 5.41) is 3.37. The Morgan fingerprint density at radius 1 is 0.860 bits per heavy atom. The lowest BCUT2D eigenvalue weighted by Crippen LogP contribution is -2.53. The van der Waals surface area contributed by atoms with Gasteiger partial charge in [0.05, 0.1) is 10.6 Å². The zero-order chi connectivity index (χ0) is 30.8. The molecule has 0 unspecified atom stereocenters. The smallest absolute Gasteiger partial charge is 0.264 e. The second-order valence-electron chi connectivity index (χ2n) is 9.95. The fourth-order valence-corrected chi connectivity index (χ4v) is 6.62. The molecule has 0 radical (unpaired) electrons. The van der Waals surface area contributed by atoms with Crippen molar-refractivity contribution in [1.29, 1.82) is 0 Å². The van der Waals surface area contributed by atoms with Crippen LogP contribution in [0, 0.1) is 0 Å². The van der Waals surface area contributed by atoms with Crippen molar-refractivity contribution < 1.29 is 18.0 Å². The number of nitrogens with zero attached hydrogens (tertiary/aromatic N) is 2. The highest BCUT2D eigenvalue weighted by Crippen LogP contribution is 2.26. The van der Waals surface area contributed by atoms with Gasteiger partial charge in [-0.1, -0.05) is 95.1 Å². The molecular weight excluding hydrogens is 650 g/mol. The van der Waals surface area contributed by atoms with Gasteiger partial charge in [0.2, 0.25) is 11.8 Å². The lowest BCUT2D eigenvalue weighted by atomic mass is 10.0. The monoisotopic (exact) mass is 681 g/mol. The van der Waals surface area contributed by atoms with Gasteiger partial charge < -0.3 is 10.2 Å². The lowest BCUT2D eigenvalue weighted by molar-refractivity contribution is -0.140. The Morgan fingerprint density at radius 3 is 2.12 bits per heavy atom. The van der Waals surface area contributed by atoms with E-state index in [9.17, 15) is 18.0 Å². The molecule has 4 aromatic rings. The van der Waals surface area contributed by atoms with Gasteiger partial charge in [0.15, 0.2) is 0 Å². The first-order chi connectivity index (χ1) is 20.7. The Morgan fingerprint density at radius 2 is 1.49 bits per heavy atom. The zero-order valence-corrected chi connectivity index (χ0v) is 26.9. The minimum absolute atomic E-state index is 0.0396. The lowest BCUT2D eigenvalue weighted by Gasteiger charge is -2.34. The number of halogens is 2. The first kappa shape index (κ1) is 32.3. The topological polar surface area (TPSA) is 86.8 Å². The van der Waals surface area contributed by atoms with E-state index in [1.54, 1.807) is 42.5 Å². The van der Waals surface area contributed by atoms with Crippen molar-refractivity contribution in [3.05, 3.63) is 130 Å². The van der Waals surface area contributed by atoms with E-state index in [4.69, 9.17) is 11.6 Å². The number of hydrogen-bond acceptors (Lipinski definition) is 4. The molecule has 10 heteroatoms. The molecule has 43 heavy (non-hydrogen) atoms. The van der Waals surface area contributed by atoms with Crippen LogP contribution in [0.15, 0.2) is 119 Å². The highest BCUT2D eigenvalue weighted by molar-refractivity contribution is 9.10. The number of carbonyl (C=O) groups excluding carboxylic acids is 2. The summed E-state index contributed by atoms with van der Waals surface area (Å²) in [5.41, 5.74) is 1.93. The van der Waals surface area contributed by atoms with Gasteiger partial charge in [0.1, 0.15) is 12.6 Å². The molecule has 2 amide bonds. The Hall–Kier alpha value is -3.66. The van der Waals surface area contributed by atoms with Crippen LogP contribution in [0.1, 0.15) is 24.5 Å². The minimum Gasteiger partial charge on any atom is -0.354 e. The van der Waals surface area contributed by atoms with E-state index < -0.39 is 28.5 Å². The van der Waals surface area contributed by atoms with Crippen LogP contribution in [0.2, 0.25) is 5.02 Å². The van der Waals surface area contributed by atoms with Gasteiger partial charge in [-0.25, -0.2) is 8.42 Å². The molecule has 4 aromatic carbocycles. The van der Waals surface area contributed by atoms with Crippen molar-refractivity contribution in [1.82, 2.24) is 10.2 Å². The number of hydrogen-bond donors (Lipinski definition) is 1. The van der Waals surface area contributed by atoms with Crippen molar-refractivity contribution in [3.8, 4) is 0 Å². The van der Waals surface area contributed by atoms with Crippen molar-refractivity contribution >= 4 is 55.1 Å². The molecule has 0 spiro atoms. The molecule has 224 valence electrons. The summed E-state index contributed by atoms with van der Waals surface area (Å²) in [6.45, 7) is 1.96. The fraction of sp³-hybridized carbons (Fsp3) is 0.212. The van der Waals surface area contributed by atoms with E-state index in [0.29, 0.717) is 11.6 Å². The highest BCUT2D eigenvalue weighted by Gasteiger charge is 2.34. The summed E-state index contributed by atoms with van der Waals surface area (Å²) in [6.07, 6.45) is 0.978. The van der Waals surface area contributed by atoms with Crippen molar-refractivity contribution in [2.24, 2.45) is 0 Å². The quantitative estimate of drug-likeness (QED) is 0.175. The molecule has 1 atom stereocenters. The van der Waals surface area contributed by atoms with Crippen LogP contribution in [-0.4, -0.2) is 44.3 Å². The van der Waals surface area contributed by atoms with Crippen LogP contribution >= 0.6 is 27.5 Å². The van der Waals surface area contributed by atoms with Crippen LogP contribution in [-0.2, 0) is 32.6 Å². The Kier molecular flexibility index (Phi) is 11.4. The predicted octanol–water partition coefficient (Wildman–Crippen LogP) is 6.46. The van der Waals surface area contributed by atoms with Crippen molar-refractivity contribution in [3.63, 3.8) is 0 Å². The second kappa shape index (κ2) is 15.2. The molecule has 4 rings (SSSR count). The van der Waals surface area contributed by atoms with Gasteiger partial charge in [0.25, 0.3) is 10.0 Å². The molecule has 7 nitrogen and oxygen atoms in total. The normalized spacial score (nSPS) is 11.9. The molecule has 0 aliphatic rings. The maximum Gasteiger partial charge on any atom is 0.264 e. The van der Waals surface area contributed by atoms with Crippen LogP contribution in [0.25, 0.3) is 0 Å². The van der Waals surface area contributed by atoms with E-state index in [-0.39, 0.29) is 29.5 Å². The molecule has 1 N–H and O–H groups in total. The molecule has 0 saturated carbocycles. The third-order valence-corrected chi connectivity index (χ3v) is 9.32. The highest BCUT2D eigenvalue weighted by atomic mass is 79.9. The Balaban J connectivity index is 1.78. The number of carbonyl (C=O) groups is 2. The SMILES string of the molecule is CCCNC(=O)[C@@H](Cc1ccccc1)N(Cc1cccc(Br)c1)C(=O)CN(c1ccc(Cl)cc1)S(=O)(=O)c1ccccc1. The van der Waals surface area contributed by atoms with Gasteiger partial charge in [0, 0.05) is 29.0 Å². The van der Waals surface area contributed by atoms with Gasteiger partial charge in [-0.2, -0.15) is 0 Å². The summed E-state index contributed by atoms with van der Waals surface area (Å²) in [6, 6.07) is 30.2. The average Bonchev–Trinajstić information content (AvgIpc) is 3.01. The molecule has 0 saturated heterocycles. The third-order valence-electron chi connectivity index (χ3n) is 6.79. The first-order valence-corrected chi connectivity index (χ1v) is 16.5. The average molecular weight is 683 g/mol. The molecule has 0 fully saturated rings. The summed E-state index contributed by atoms with van der Waals surface area (Å²) < 4.78 is 29.8. The number of sulfonamides is 1. The fourth-order valence-electron chi connectivity index (χ4n) is 4.61. The van der Waals surface area contributed by atoms with Crippen molar-refractivity contribution in [2.75, 3.05) is 17.4 Å². The van der Waals surface area contributed by atoms with Gasteiger partial charge in [-0.3, -0.25) is 13.9 Å². The molecule has 0 aromatic heterocycles. The summed E-state index contributed by atoms with van der Waals surface area (Å²) >= 11 is 9.60. The van der Waals surface area contributed by atoms with Gasteiger partial charge in [-0.15, -0.1) is 0 Å². The first-order valence-electron chi connectivity index (χ1n) is 13.9. The molecule has 0 aliphatic carbocycles. The summed E-state index contributed by atoms with van der Waals surface area (Å²) in [5.74, 6) is -0.833. The number of benzene rings is 4. The molecule has 0 heterocycles. The van der Waals surface area contributed by atoms with Crippen LogP contribution in [0.4, 0.5) is 5.69 Å². The van der Waals surface area contributed by atoms with E-state index in [1.807, 2.05) is 61.5 Å². The second-order valence-corrected chi connectivity index (χ2v) is 13.2. The van der Waals surface area contributed by atoms with Gasteiger partial charge >= 0.3 is 0 Å². The molecule has 0 aliphatic heterocycles. The van der Waals surface area contributed by atoms with Crippen LogP contribution in [0.5, 0.6) is 0 Å². The van der Waals surface area contributed by atoms with E-state index in [1.165, 1.54) is 17.0 Å². The maximum atomic E-state index is 14.4. The summed E-state index contributed by atoms with van der Waals surface area (Å²) in [7, 11) is -4.16. The Labute approximate surface area is 266 Å². The minimum atomic E-state index is -4.16. The maximum absolute atomic E-state index is 14.4. The van der Waals surface area contributed by atoms with E-state index in [0.717, 1.165) is 26.3 Å². The van der Waals surface area contributed by atoms with Crippen LogP contribution in [0.3, 0.4) is 0 Å². The predicted molar refractivity (Wildman–Crippen MR) is 174 cm³/mol. The number of anilines is 1.